The first-order chi connectivity index (χ1) is 9.91. The molecule has 1 amide bonds. The average Bonchev–Trinajstić information content (AvgIpc) is 2.47. The molecule has 0 aliphatic heterocycles. The highest BCUT2D eigenvalue weighted by atomic mass is 16.4. The van der Waals surface area contributed by atoms with Crippen LogP contribution in [0.2, 0.25) is 0 Å². The number of nitrogens with zero attached hydrogens (tertiary/aromatic N) is 2. The second-order valence-corrected chi connectivity index (χ2v) is 5.03. The number of anilines is 1. The Bertz CT molecular complexity index is 652. The number of Topliss-reactive ketones (excluding diaryl/α,β-unsaturated/α-hetero) is 1. The monoisotopic (exact) mass is 285 g/mol. The fourth-order valence-corrected chi connectivity index (χ4v) is 1.89. The van der Waals surface area contributed by atoms with Crippen LogP contribution in [0.15, 0.2) is 42.7 Å². The van der Waals surface area contributed by atoms with Crippen molar-refractivity contribution in [3.63, 3.8) is 0 Å². The van der Waals surface area contributed by atoms with E-state index in [4.69, 9.17) is 5.11 Å². The number of aromatic nitrogens is 2. The Morgan fingerprint density at radius 2 is 1.90 bits per heavy atom. The van der Waals surface area contributed by atoms with Crippen LogP contribution in [-0.4, -0.2) is 27.0 Å². The zero-order valence-corrected chi connectivity index (χ0v) is 11.7. The van der Waals surface area contributed by atoms with Crippen molar-refractivity contribution in [1.29, 1.82) is 0 Å². The molecule has 0 saturated carbocycles. The highest BCUT2D eigenvalue weighted by Crippen LogP contribution is 2.25. The summed E-state index contributed by atoms with van der Waals surface area (Å²) in [5.74, 6) is -0.178. The van der Waals surface area contributed by atoms with Crippen molar-refractivity contribution >= 4 is 17.6 Å². The Hall–Kier alpha value is -2.76. The maximum atomic E-state index is 12.6. The molecular formula is C15H15N3O3. The van der Waals surface area contributed by atoms with E-state index in [2.05, 4.69) is 15.3 Å². The molecule has 2 heterocycles. The van der Waals surface area contributed by atoms with Crippen molar-refractivity contribution in [2.75, 3.05) is 5.32 Å². The molecule has 0 unspecified atom stereocenters. The quantitative estimate of drug-likeness (QED) is 0.843. The summed E-state index contributed by atoms with van der Waals surface area (Å²) in [7, 11) is 0. The van der Waals surface area contributed by atoms with Gasteiger partial charge >= 0.3 is 6.09 Å². The van der Waals surface area contributed by atoms with Gasteiger partial charge in [-0.1, -0.05) is 6.07 Å². The summed E-state index contributed by atoms with van der Waals surface area (Å²) in [6, 6.07) is 8.40. The lowest BCUT2D eigenvalue weighted by Crippen LogP contribution is -2.30. The van der Waals surface area contributed by atoms with Crippen molar-refractivity contribution < 1.29 is 14.7 Å². The first-order valence-electron chi connectivity index (χ1n) is 6.33. The smallest absolute Gasteiger partial charge is 0.409 e. The molecule has 0 atom stereocenters. The van der Waals surface area contributed by atoms with Gasteiger partial charge in [-0.2, -0.15) is 0 Å². The van der Waals surface area contributed by atoms with Gasteiger partial charge in [0.15, 0.2) is 5.78 Å². The molecule has 21 heavy (non-hydrogen) atoms. The maximum Gasteiger partial charge on any atom is 0.409 e. The van der Waals surface area contributed by atoms with Crippen LogP contribution in [0.25, 0.3) is 0 Å². The molecule has 2 aromatic rings. The number of pyridine rings is 2. The summed E-state index contributed by atoms with van der Waals surface area (Å²) in [5, 5.41) is 10.8. The molecule has 0 aromatic carbocycles. The molecular weight excluding hydrogens is 270 g/mol. The van der Waals surface area contributed by atoms with Crippen LogP contribution in [0.4, 0.5) is 10.5 Å². The van der Waals surface area contributed by atoms with E-state index in [9.17, 15) is 9.59 Å². The molecule has 0 fully saturated rings. The number of amides is 1. The number of carbonyl (C=O) groups is 2. The molecule has 6 heteroatoms. The zero-order chi connectivity index (χ0) is 15.5. The Balaban J connectivity index is 2.25. The molecule has 2 aromatic heterocycles. The Morgan fingerprint density at radius 3 is 2.43 bits per heavy atom. The van der Waals surface area contributed by atoms with Crippen LogP contribution in [-0.2, 0) is 5.41 Å². The van der Waals surface area contributed by atoms with Crippen LogP contribution >= 0.6 is 0 Å². The number of ketones is 1. The van der Waals surface area contributed by atoms with Gasteiger partial charge in [-0.15, -0.1) is 0 Å². The van der Waals surface area contributed by atoms with Crippen LogP contribution < -0.4 is 5.32 Å². The lowest BCUT2D eigenvalue weighted by atomic mass is 9.82. The predicted octanol–water partition coefficient (Wildman–Crippen LogP) is 2.73. The third kappa shape index (κ3) is 3.22. The Kier molecular flexibility index (Phi) is 3.98. The first-order valence-corrected chi connectivity index (χ1v) is 6.33. The van der Waals surface area contributed by atoms with Crippen LogP contribution in [0.1, 0.15) is 30.0 Å². The SMILES string of the molecule is CC(C)(C(=O)c1ccc(NC(=O)O)cn1)c1ccccn1. The minimum Gasteiger partial charge on any atom is -0.465 e. The van der Waals surface area contributed by atoms with E-state index in [-0.39, 0.29) is 11.5 Å². The maximum absolute atomic E-state index is 12.6. The first kappa shape index (κ1) is 14.6. The van der Waals surface area contributed by atoms with Gasteiger partial charge in [-0.05, 0) is 38.1 Å². The zero-order valence-electron chi connectivity index (χ0n) is 11.7. The molecule has 6 nitrogen and oxygen atoms in total. The van der Waals surface area contributed by atoms with E-state index in [0.29, 0.717) is 11.4 Å². The molecule has 2 N–H and O–H groups in total. The number of hydrogen-bond acceptors (Lipinski definition) is 4. The van der Waals surface area contributed by atoms with E-state index in [1.54, 1.807) is 32.2 Å². The molecule has 0 saturated heterocycles. The van der Waals surface area contributed by atoms with Gasteiger partial charge in [0, 0.05) is 6.20 Å². The van der Waals surface area contributed by atoms with Crippen molar-refractivity contribution in [2.24, 2.45) is 0 Å². The summed E-state index contributed by atoms with van der Waals surface area (Å²) in [5.41, 5.74) is 0.427. The summed E-state index contributed by atoms with van der Waals surface area (Å²) < 4.78 is 0. The van der Waals surface area contributed by atoms with E-state index in [1.165, 1.54) is 18.3 Å². The second kappa shape index (κ2) is 5.70. The lowest BCUT2D eigenvalue weighted by molar-refractivity contribution is 0.0900. The molecule has 0 bridgehead atoms. The van der Waals surface area contributed by atoms with Crippen molar-refractivity contribution in [2.45, 2.75) is 19.3 Å². The van der Waals surface area contributed by atoms with Gasteiger partial charge in [0.2, 0.25) is 0 Å². The normalized spacial score (nSPS) is 11.0. The largest absolute Gasteiger partial charge is 0.465 e. The van der Waals surface area contributed by atoms with E-state index < -0.39 is 11.5 Å². The average molecular weight is 285 g/mol. The number of carbonyl (C=O) groups excluding carboxylic acids is 1. The fourth-order valence-electron chi connectivity index (χ4n) is 1.89. The van der Waals surface area contributed by atoms with E-state index in [0.717, 1.165) is 0 Å². The van der Waals surface area contributed by atoms with Crippen molar-refractivity contribution in [3.05, 3.63) is 54.1 Å². The standard InChI is InChI=1S/C15H15N3O3/c1-15(2,12-5-3-4-8-16-12)13(19)11-7-6-10(9-17-11)18-14(20)21/h3-9,18H,1-2H3,(H,20,21). The molecule has 0 aliphatic carbocycles. The lowest BCUT2D eigenvalue weighted by Gasteiger charge is -2.21. The number of carboxylic acid groups (broad SMARTS) is 1. The fraction of sp³-hybridized carbons (Fsp3) is 0.200. The second-order valence-electron chi connectivity index (χ2n) is 5.03. The Morgan fingerprint density at radius 1 is 1.14 bits per heavy atom. The summed E-state index contributed by atoms with van der Waals surface area (Å²) in [4.78, 5) is 31.3. The van der Waals surface area contributed by atoms with Crippen LogP contribution in [0.5, 0.6) is 0 Å². The van der Waals surface area contributed by atoms with Gasteiger partial charge in [0.25, 0.3) is 0 Å². The van der Waals surface area contributed by atoms with Gasteiger partial charge in [0.1, 0.15) is 5.69 Å². The van der Waals surface area contributed by atoms with Gasteiger partial charge < -0.3 is 5.11 Å². The highest BCUT2D eigenvalue weighted by molar-refractivity contribution is 6.02. The van der Waals surface area contributed by atoms with Crippen molar-refractivity contribution in [1.82, 2.24) is 9.97 Å². The molecule has 0 aliphatic rings. The van der Waals surface area contributed by atoms with Gasteiger partial charge in [-0.25, -0.2) is 4.79 Å². The summed E-state index contributed by atoms with van der Waals surface area (Å²) in [6.45, 7) is 3.56. The molecule has 0 radical (unpaired) electrons. The van der Waals surface area contributed by atoms with E-state index >= 15 is 0 Å². The third-order valence-corrected chi connectivity index (χ3v) is 3.12. The van der Waals surface area contributed by atoms with E-state index in [1.807, 2.05) is 6.07 Å². The number of hydrogen-bond donors (Lipinski definition) is 2. The topological polar surface area (TPSA) is 92.2 Å². The minimum absolute atomic E-state index is 0.178. The van der Waals surface area contributed by atoms with Crippen LogP contribution in [0, 0.1) is 0 Å². The van der Waals surface area contributed by atoms with Crippen LogP contribution in [0.3, 0.4) is 0 Å². The molecule has 2 rings (SSSR count). The molecule has 0 spiro atoms. The Labute approximate surface area is 121 Å². The van der Waals surface area contributed by atoms with Gasteiger partial charge in [-0.3, -0.25) is 20.1 Å². The third-order valence-electron chi connectivity index (χ3n) is 3.12. The highest BCUT2D eigenvalue weighted by Gasteiger charge is 2.32. The number of rotatable bonds is 4. The van der Waals surface area contributed by atoms with Crippen molar-refractivity contribution in [3.8, 4) is 0 Å². The minimum atomic E-state index is -1.18. The number of nitrogens with one attached hydrogen (secondary N) is 1. The summed E-state index contributed by atoms with van der Waals surface area (Å²) in [6.07, 6.45) is 1.78. The summed E-state index contributed by atoms with van der Waals surface area (Å²) >= 11 is 0. The predicted molar refractivity (Wildman–Crippen MR) is 77.5 cm³/mol. The van der Waals surface area contributed by atoms with Gasteiger partial charge in [0.05, 0.1) is 23.0 Å². The molecule has 108 valence electrons.